The summed E-state index contributed by atoms with van der Waals surface area (Å²) in [5.74, 6) is -1.74. The van der Waals surface area contributed by atoms with Crippen LogP contribution >= 0.6 is 0 Å². The molecule has 7 nitrogen and oxygen atoms in total. The van der Waals surface area contributed by atoms with Crippen LogP contribution in [0, 0.1) is 5.41 Å². The van der Waals surface area contributed by atoms with E-state index in [4.69, 9.17) is 25.5 Å². The maximum atomic E-state index is 9.90. The van der Waals surface area contributed by atoms with Crippen LogP contribution in [0.3, 0.4) is 0 Å². The molecule has 0 bridgehead atoms. The average molecular weight is 266 g/mol. The molecule has 0 heterocycles. The second-order valence-electron chi connectivity index (χ2n) is 4.28. The van der Waals surface area contributed by atoms with Gasteiger partial charge in [-0.15, -0.1) is 0 Å². The predicted octanol–water partition coefficient (Wildman–Crippen LogP) is -0.314. The van der Waals surface area contributed by atoms with E-state index in [1.165, 1.54) is 0 Å². The van der Waals surface area contributed by atoms with Crippen molar-refractivity contribution in [3.05, 3.63) is 0 Å². The Hall–Kier alpha value is -1.18. The van der Waals surface area contributed by atoms with E-state index >= 15 is 0 Å². The van der Waals surface area contributed by atoms with Crippen LogP contribution < -0.4 is 0 Å². The van der Waals surface area contributed by atoms with Gasteiger partial charge in [0.25, 0.3) is 0 Å². The Bertz CT molecular complexity index is 211. The van der Waals surface area contributed by atoms with Crippen molar-refractivity contribution < 1.29 is 35.1 Å². The number of hydrogen-bond acceptors (Lipinski definition) is 5. The van der Waals surface area contributed by atoms with Gasteiger partial charge < -0.3 is 25.5 Å². The highest BCUT2D eigenvalue weighted by molar-refractivity contribution is 5.67. The van der Waals surface area contributed by atoms with Crippen LogP contribution in [-0.2, 0) is 9.59 Å². The lowest BCUT2D eigenvalue weighted by atomic mass is 9.95. The topological polar surface area (TPSA) is 135 Å². The molecule has 7 heteroatoms. The highest BCUT2D eigenvalue weighted by atomic mass is 16.4. The van der Waals surface area contributed by atoms with Crippen molar-refractivity contribution in [1.82, 2.24) is 0 Å². The second-order valence-corrected chi connectivity index (χ2v) is 4.28. The lowest BCUT2D eigenvalue weighted by molar-refractivity contribution is -0.139. The van der Waals surface area contributed by atoms with Gasteiger partial charge in [-0.05, 0) is 12.8 Å². The van der Waals surface area contributed by atoms with Gasteiger partial charge >= 0.3 is 11.9 Å². The number of carboxylic acid groups (broad SMARTS) is 2. The van der Waals surface area contributed by atoms with Gasteiger partial charge in [0.15, 0.2) is 0 Å². The Morgan fingerprint density at radius 3 is 1.22 bits per heavy atom. The Kier molecular flexibility index (Phi) is 11.7. The molecule has 0 aromatic carbocycles. The molecule has 0 aliphatic heterocycles. The van der Waals surface area contributed by atoms with Crippen LogP contribution in [0.15, 0.2) is 0 Å². The second kappa shape index (κ2) is 10.9. The van der Waals surface area contributed by atoms with Crippen LogP contribution in [0.25, 0.3) is 0 Å². The molecule has 0 amide bonds. The summed E-state index contributed by atoms with van der Waals surface area (Å²) in [6, 6.07) is 0. The van der Waals surface area contributed by atoms with E-state index in [9.17, 15) is 9.59 Å². The zero-order valence-corrected chi connectivity index (χ0v) is 10.5. The standard InChI is InChI=1S/C6H10O4.C5H12O3/c7-5(8)3-1-2-4-6(9)10;1-5(2-6,3-7)4-8/h1-4H2,(H,7,8)(H,9,10);6-8H,2-4H2,1H3. The fourth-order valence-corrected chi connectivity index (χ4v) is 0.702. The Balaban J connectivity index is 0. The Morgan fingerprint density at radius 2 is 1.11 bits per heavy atom. The first-order chi connectivity index (χ1) is 8.31. The van der Waals surface area contributed by atoms with Crippen molar-refractivity contribution in [2.24, 2.45) is 5.41 Å². The molecule has 0 saturated heterocycles. The molecule has 5 N–H and O–H groups in total. The number of carbonyl (C=O) groups is 2. The summed E-state index contributed by atoms with van der Waals surface area (Å²) in [7, 11) is 0. The van der Waals surface area contributed by atoms with Crippen molar-refractivity contribution in [2.45, 2.75) is 32.6 Å². The molecule has 0 unspecified atom stereocenters. The lowest BCUT2D eigenvalue weighted by Gasteiger charge is -2.20. The molecule has 0 spiro atoms. The fraction of sp³-hybridized carbons (Fsp3) is 0.818. The number of unbranched alkanes of at least 4 members (excludes halogenated alkanes) is 1. The van der Waals surface area contributed by atoms with Crippen LogP contribution in [0.5, 0.6) is 0 Å². The normalized spacial score (nSPS) is 10.4. The van der Waals surface area contributed by atoms with Gasteiger partial charge in [0.05, 0.1) is 19.8 Å². The highest BCUT2D eigenvalue weighted by Gasteiger charge is 2.20. The first-order valence-corrected chi connectivity index (χ1v) is 5.57. The molecule has 108 valence electrons. The largest absolute Gasteiger partial charge is 0.481 e. The molecule has 0 aromatic rings. The number of carboxylic acids is 2. The van der Waals surface area contributed by atoms with E-state index in [-0.39, 0.29) is 32.7 Å². The highest BCUT2D eigenvalue weighted by Crippen LogP contribution is 2.10. The first-order valence-electron chi connectivity index (χ1n) is 5.57. The molecule has 0 rings (SSSR count). The van der Waals surface area contributed by atoms with Crippen molar-refractivity contribution in [1.29, 1.82) is 0 Å². The summed E-state index contributed by atoms with van der Waals surface area (Å²) in [5, 5.41) is 41.7. The zero-order chi connectivity index (χ0) is 14.6. The van der Waals surface area contributed by atoms with E-state index in [0.29, 0.717) is 12.8 Å². The van der Waals surface area contributed by atoms with Gasteiger partial charge in [0.1, 0.15) is 0 Å². The molecule has 0 aromatic heterocycles. The third-order valence-electron chi connectivity index (χ3n) is 2.18. The van der Waals surface area contributed by atoms with Crippen molar-refractivity contribution in [3.8, 4) is 0 Å². The zero-order valence-electron chi connectivity index (χ0n) is 10.5. The van der Waals surface area contributed by atoms with E-state index in [1.54, 1.807) is 6.92 Å². The maximum absolute atomic E-state index is 9.90. The van der Waals surface area contributed by atoms with Gasteiger partial charge in [-0.2, -0.15) is 0 Å². The monoisotopic (exact) mass is 266 g/mol. The predicted molar refractivity (Wildman–Crippen MR) is 63.1 cm³/mol. The molecule has 0 aliphatic carbocycles. The van der Waals surface area contributed by atoms with Crippen LogP contribution in [0.1, 0.15) is 32.6 Å². The van der Waals surface area contributed by atoms with Crippen molar-refractivity contribution in [3.63, 3.8) is 0 Å². The fourth-order valence-electron chi connectivity index (χ4n) is 0.702. The van der Waals surface area contributed by atoms with Gasteiger partial charge in [-0.1, -0.05) is 6.92 Å². The Labute approximate surface area is 106 Å². The minimum atomic E-state index is -0.870. The lowest BCUT2D eigenvalue weighted by Crippen LogP contribution is -2.29. The van der Waals surface area contributed by atoms with E-state index in [1.807, 2.05) is 0 Å². The summed E-state index contributed by atoms with van der Waals surface area (Å²) >= 11 is 0. The molecule has 18 heavy (non-hydrogen) atoms. The number of aliphatic carboxylic acids is 2. The number of hydrogen-bond donors (Lipinski definition) is 5. The summed E-state index contributed by atoms with van der Waals surface area (Å²) in [4.78, 5) is 19.8. The van der Waals surface area contributed by atoms with E-state index < -0.39 is 17.4 Å². The first kappa shape index (κ1) is 19.2. The smallest absolute Gasteiger partial charge is 0.303 e. The number of rotatable bonds is 8. The minimum Gasteiger partial charge on any atom is -0.481 e. The van der Waals surface area contributed by atoms with Gasteiger partial charge in [-0.25, -0.2) is 0 Å². The molecule has 0 fully saturated rings. The minimum absolute atomic E-state index is 0.0628. The molecular weight excluding hydrogens is 244 g/mol. The molecular formula is C11H22O7. The third-order valence-corrected chi connectivity index (χ3v) is 2.18. The molecule has 0 atom stereocenters. The SMILES string of the molecule is CC(CO)(CO)CO.O=C(O)CCCCC(=O)O. The van der Waals surface area contributed by atoms with Gasteiger partial charge in [0, 0.05) is 18.3 Å². The van der Waals surface area contributed by atoms with Crippen LogP contribution in [0.4, 0.5) is 0 Å². The summed E-state index contributed by atoms with van der Waals surface area (Å²) < 4.78 is 0. The van der Waals surface area contributed by atoms with E-state index in [2.05, 4.69) is 0 Å². The Morgan fingerprint density at radius 1 is 0.833 bits per heavy atom. The van der Waals surface area contributed by atoms with Gasteiger partial charge in [-0.3, -0.25) is 9.59 Å². The summed E-state index contributed by atoms with van der Waals surface area (Å²) in [5.41, 5.74) is -0.708. The van der Waals surface area contributed by atoms with Crippen LogP contribution in [-0.4, -0.2) is 57.3 Å². The average Bonchev–Trinajstić information content (AvgIpc) is 2.34. The number of aliphatic hydroxyl groups excluding tert-OH is 3. The van der Waals surface area contributed by atoms with Crippen molar-refractivity contribution in [2.75, 3.05) is 19.8 Å². The number of aliphatic hydroxyl groups is 3. The maximum Gasteiger partial charge on any atom is 0.303 e. The quantitative estimate of drug-likeness (QED) is 0.380. The van der Waals surface area contributed by atoms with Crippen LogP contribution in [0.2, 0.25) is 0 Å². The third kappa shape index (κ3) is 12.9. The molecule has 0 aliphatic rings. The van der Waals surface area contributed by atoms with Crippen molar-refractivity contribution >= 4 is 11.9 Å². The summed E-state index contributed by atoms with van der Waals surface area (Å²) in [6.45, 7) is 1.06. The van der Waals surface area contributed by atoms with Gasteiger partial charge in [0.2, 0.25) is 0 Å². The summed E-state index contributed by atoms with van der Waals surface area (Å²) in [6.07, 6.45) is 1.02. The molecule has 0 radical (unpaired) electrons. The van der Waals surface area contributed by atoms with E-state index in [0.717, 1.165) is 0 Å². The molecule has 0 saturated carbocycles.